The molecule has 1 rings (SSSR count). The van der Waals surface area contributed by atoms with Gasteiger partial charge in [0.15, 0.2) is 20.4 Å². The lowest BCUT2D eigenvalue weighted by Gasteiger charge is -2.33. The van der Waals surface area contributed by atoms with Crippen LogP contribution in [0.4, 0.5) is 0 Å². The number of nitro groups is 1. The molecule has 0 bridgehead atoms. The van der Waals surface area contributed by atoms with E-state index in [2.05, 4.69) is 5.92 Å². The van der Waals surface area contributed by atoms with E-state index in [1.807, 2.05) is 0 Å². The molecular weight excluding hydrogens is 318 g/mol. The fraction of sp³-hybridized carbons (Fsp3) is 0.438. The molecule has 0 aliphatic rings. The summed E-state index contributed by atoms with van der Waals surface area (Å²) in [7, 11) is -4.18. The van der Waals surface area contributed by atoms with Crippen LogP contribution >= 0.6 is 0 Å². The van der Waals surface area contributed by atoms with Gasteiger partial charge in [0.2, 0.25) is 6.54 Å². The van der Waals surface area contributed by atoms with Gasteiger partial charge in [0, 0.05) is 17.3 Å². The molecular formula is C16H19NO5S. The van der Waals surface area contributed by atoms with E-state index in [0.29, 0.717) is 0 Å². The third-order valence-electron chi connectivity index (χ3n) is 3.99. The first-order valence-corrected chi connectivity index (χ1v) is 8.45. The molecule has 7 heteroatoms. The number of hydrogen-bond donors (Lipinski definition) is 0. The zero-order chi connectivity index (χ0) is 17.8. The number of Topliss-reactive ketones (excluding diaryl/α,β-unsaturated/α-hetero) is 1. The largest absolute Gasteiger partial charge is 0.298 e. The summed E-state index contributed by atoms with van der Waals surface area (Å²) in [6, 6.07) is 5.98. The Bertz CT molecular complexity index is 746. The lowest BCUT2D eigenvalue weighted by Crippen LogP contribution is -2.52. The second-order valence-electron chi connectivity index (χ2n) is 5.56. The minimum atomic E-state index is -4.18. The van der Waals surface area contributed by atoms with Crippen LogP contribution in [0.1, 0.15) is 25.8 Å². The summed E-state index contributed by atoms with van der Waals surface area (Å²) in [4.78, 5) is 22.4. The van der Waals surface area contributed by atoms with Crippen LogP contribution < -0.4 is 0 Å². The predicted molar refractivity (Wildman–Crippen MR) is 86.3 cm³/mol. The van der Waals surface area contributed by atoms with Crippen molar-refractivity contribution in [2.45, 2.75) is 36.8 Å². The van der Waals surface area contributed by atoms with Crippen molar-refractivity contribution in [3.8, 4) is 12.3 Å². The number of rotatable bonds is 7. The van der Waals surface area contributed by atoms with Crippen LogP contribution in [-0.2, 0) is 14.6 Å². The summed E-state index contributed by atoms with van der Waals surface area (Å²) < 4.78 is 24.2. The highest BCUT2D eigenvalue weighted by molar-refractivity contribution is 7.93. The van der Waals surface area contributed by atoms with Gasteiger partial charge in [-0.2, -0.15) is 0 Å². The van der Waals surface area contributed by atoms with E-state index in [4.69, 9.17) is 6.42 Å². The Morgan fingerprint density at radius 2 is 1.91 bits per heavy atom. The molecule has 0 saturated carbocycles. The van der Waals surface area contributed by atoms with Crippen LogP contribution in [0.3, 0.4) is 0 Å². The molecule has 1 aromatic carbocycles. The number of carbonyl (C=O) groups excluding carboxylic acids is 1. The second-order valence-corrected chi connectivity index (χ2v) is 7.77. The first-order chi connectivity index (χ1) is 10.6. The van der Waals surface area contributed by atoms with E-state index in [1.165, 1.54) is 19.1 Å². The topological polar surface area (TPSA) is 94.3 Å². The number of ketones is 1. The maximum Gasteiger partial charge on any atom is 0.208 e. The van der Waals surface area contributed by atoms with Crippen molar-refractivity contribution in [2.24, 2.45) is 5.92 Å². The Hall–Kier alpha value is -2.20. The fourth-order valence-electron chi connectivity index (χ4n) is 2.65. The van der Waals surface area contributed by atoms with Crippen LogP contribution in [0.2, 0.25) is 0 Å². The number of nitrogens with zero attached hydrogens (tertiary/aromatic N) is 1. The van der Waals surface area contributed by atoms with Crippen molar-refractivity contribution in [3.05, 3.63) is 39.9 Å². The average Bonchev–Trinajstić information content (AvgIpc) is 2.43. The molecule has 1 aromatic rings. The highest BCUT2D eigenvalue weighted by Gasteiger charge is 2.54. The first kappa shape index (κ1) is 18.8. The summed E-state index contributed by atoms with van der Waals surface area (Å²) in [5.41, 5.74) is 0.854. The van der Waals surface area contributed by atoms with Gasteiger partial charge < -0.3 is 0 Å². The molecule has 0 radical (unpaired) electrons. The molecule has 0 aromatic heterocycles. The quantitative estimate of drug-likeness (QED) is 0.431. The molecule has 0 N–H and O–H groups in total. The van der Waals surface area contributed by atoms with E-state index in [0.717, 1.165) is 12.5 Å². The average molecular weight is 337 g/mol. The fourth-order valence-corrected chi connectivity index (χ4v) is 4.82. The highest BCUT2D eigenvalue weighted by atomic mass is 32.2. The zero-order valence-corrected chi connectivity index (χ0v) is 14.1. The van der Waals surface area contributed by atoms with Gasteiger partial charge in [-0.05, 0) is 26.0 Å². The van der Waals surface area contributed by atoms with Crippen LogP contribution in [0, 0.1) is 35.3 Å². The second kappa shape index (κ2) is 6.92. The Morgan fingerprint density at radius 1 is 1.39 bits per heavy atom. The smallest absolute Gasteiger partial charge is 0.208 e. The molecule has 0 spiro atoms. The minimum Gasteiger partial charge on any atom is -0.298 e. The molecule has 124 valence electrons. The molecule has 2 atom stereocenters. The van der Waals surface area contributed by atoms with Gasteiger partial charge in [-0.3, -0.25) is 14.9 Å². The third-order valence-corrected chi connectivity index (χ3v) is 6.68. The minimum absolute atomic E-state index is 0.0660. The van der Waals surface area contributed by atoms with Crippen LogP contribution in [0.15, 0.2) is 29.2 Å². The maximum atomic E-state index is 13.1. The number of aryl methyl sites for hydroxylation is 1. The SMILES string of the molecule is C#CCC(C(C)=O)(C(C)C[N+](=O)[O-])S(=O)(=O)c1ccc(C)cc1. The van der Waals surface area contributed by atoms with Crippen LogP contribution in [0.25, 0.3) is 0 Å². The van der Waals surface area contributed by atoms with Crippen molar-refractivity contribution >= 4 is 15.6 Å². The Kier molecular flexibility index (Phi) is 5.67. The van der Waals surface area contributed by atoms with Gasteiger partial charge >= 0.3 is 0 Å². The number of hydrogen-bond acceptors (Lipinski definition) is 5. The van der Waals surface area contributed by atoms with E-state index in [9.17, 15) is 23.3 Å². The van der Waals surface area contributed by atoms with Crippen molar-refractivity contribution in [2.75, 3.05) is 6.54 Å². The normalized spacial score (nSPS) is 15.2. The number of benzene rings is 1. The lowest BCUT2D eigenvalue weighted by atomic mass is 9.86. The van der Waals surface area contributed by atoms with E-state index < -0.39 is 44.2 Å². The third kappa shape index (κ3) is 3.42. The summed E-state index contributed by atoms with van der Waals surface area (Å²) >= 11 is 0. The van der Waals surface area contributed by atoms with Crippen molar-refractivity contribution in [1.82, 2.24) is 0 Å². The molecule has 0 heterocycles. The van der Waals surface area contributed by atoms with Crippen molar-refractivity contribution in [1.29, 1.82) is 0 Å². The maximum absolute atomic E-state index is 13.1. The van der Waals surface area contributed by atoms with E-state index in [-0.39, 0.29) is 4.90 Å². The van der Waals surface area contributed by atoms with Crippen molar-refractivity contribution in [3.63, 3.8) is 0 Å². The van der Waals surface area contributed by atoms with E-state index >= 15 is 0 Å². The van der Waals surface area contributed by atoms with Gasteiger partial charge in [0.1, 0.15) is 0 Å². The lowest BCUT2D eigenvalue weighted by molar-refractivity contribution is -0.488. The summed E-state index contributed by atoms with van der Waals surface area (Å²) in [5, 5.41) is 10.8. The van der Waals surface area contributed by atoms with E-state index in [1.54, 1.807) is 19.1 Å². The standard InChI is InChI=1S/C16H19NO5S/c1-5-10-16(14(4)18,13(3)11-17(19)20)23(21,22)15-8-6-12(2)7-9-15/h1,6-9,13H,10-11H2,2-4H3. The number of terminal acetylenes is 1. The molecule has 0 saturated heterocycles. The molecule has 6 nitrogen and oxygen atoms in total. The molecule has 0 aliphatic carbocycles. The number of carbonyl (C=O) groups is 1. The van der Waals surface area contributed by atoms with Crippen molar-refractivity contribution < 1.29 is 18.1 Å². The monoisotopic (exact) mass is 337 g/mol. The highest BCUT2D eigenvalue weighted by Crippen LogP contribution is 2.37. The molecule has 2 unspecified atom stereocenters. The molecule has 0 aliphatic heterocycles. The van der Waals surface area contributed by atoms with Gasteiger partial charge in [-0.15, -0.1) is 12.3 Å². The molecule has 23 heavy (non-hydrogen) atoms. The predicted octanol–water partition coefficient (Wildman–Crippen LogP) is 2.03. The summed E-state index contributed by atoms with van der Waals surface area (Å²) in [6.45, 7) is 3.62. The Labute approximate surface area is 136 Å². The van der Waals surface area contributed by atoms with Crippen LogP contribution in [0.5, 0.6) is 0 Å². The summed E-state index contributed by atoms with van der Waals surface area (Å²) in [6.07, 6.45) is 4.87. The number of sulfone groups is 1. The first-order valence-electron chi connectivity index (χ1n) is 6.97. The molecule has 0 fully saturated rings. The van der Waals surface area contributed by atoms with Gasteiger partial charge in [0.05, 0.1) is 4.90 Å². The van der Waals surface area contributed by atoms with Gasteiger partial charge in [-0.25, -0.2) is 8.42 Å². The summed E-state index contributed by atoms with van der Waals surface area (Å²) in [5.74, 6) is 0.461. The van der Waals surface area contributed by atoms with Crippen LogP contribution in [-0.4, -0.2) is 30.4 Å². The zero-order valence-electron chi connectivity index (χ0n) is 13.3. The van der Waals surface area contributed by atoms with Gasteiger partial charge in [0.25, 0.3) is 0 Å². The Morgan fingerprint density at radius 3 is 2.30 bits per heavy atom. The molecule has 0 amide bonds. The van der Waals surface area contributed by atoms with Gasteiger partial charge in [-0.1, -0.05) is 24.6 Å². The Balaban J connectivity index is 3.61.